The minimum atomic E-state index is -1.16. The van der Waals surface area contributed by atoms with E-state index in [1.54, 1.807) is 20.8 Å². The molecule has 0 aliphatic heterocycles. The SMILES string of the molecule is CCOC(=O)C(C)(C)ON(C(C)=O)C(C)C. The fourth-order valence-electron chi connectivity index (χ4n) is 1.12. The van der Waals surface area contributed by atoms with E-state index < -0.39 is 11.6 Å². The lowest BCUT2D eigenvalue weighted by atomic mass is 10.1. The van der Waals surface area contributed by atoms with Gasteiger partial charge >= 0.3 is 5.97 Å². The Labute approximate surface area is 96.7 Å². The van der Waals surface area contributed by atoms with Crippen molar-refractivity contribution in [2.75, 3.05) is 6.61 Å². The van der Waals surface area contributed by atoms with E-state index in [1.807, 2.05) is 13.8 Å². The summed E-state index contributed by atoms with van der Waals surface area (Å²) >= 11 is 0. The average Bonchev–Trinajstić information content (AvgIpc) is 2.13. The van der Waals surface area contributed by atoms with Crippen molar-refractivity contribution in [1.29, 1.82) is 0 Å². The molecule has 16 heavy (non-hydrogen) atoms. The van der Waals surface area contributed by atoms with Gasteiger partial charge in [-0.1, -0.05) is 0 Å². The molecule has 0 unspecified atom stereocenters. The molecule has 0 aliphatic rings. The van der Waals surface area contributed by atoms with Crippen LogP contribution >= 0.6 is 0 Å². The lowest BCUT2D eigenvalue weighted by Crippen LogP contribution is -2.47. The molecule has 0 atom stereocenters. The number of hydrogen-bond acceptors (Lipinski definition) is 4. The van der Waals surface area contributed by atoms with Crippen LogP contribution < -0.4 is 0 Å². The Balaban J connectivity index is 4.65. The molecule has 94 valence electrons. The first-order valence-corrected chi connectivity index (χ1v) is 5.38. The van der Waals surface area contributed by atoms with Gasteiger partial charge in [-0.3, -0.25) is 9.63 Å². The molecule has 0 spiro atoms. The highest BCUT2D eigenvalue weighted by atomic mass is 16.7. The molecule has 0 aromatic rings. The minimum absolute atomic E-state index is 0.133. The van der Waals surface area contributed by atoms with E-state index in [2.05, 4.69) is 0 Å². The molecular weight excluding hydrogens is 210 g/mol. The van der Waals surface area contributed by atoms with Crippen molar-refractivity contribution in [3.8, 4) is 0 Å². The van der Waals surface area contributed by atoms with Crippen LogP contribution in [0.5, 0.6) is 0 Å². The predicted molar refractivity (Wildman–Crippen MR) is 59.5 cm³/mol. The normalized spacial score (nSPS) is 11.4. The van der Waals surface area contributed by atoms with E-state index in [-0.39, 0.29) is 18.6 Å². The van der Waals surface area contributed by atoms with Crippen molar-refractivity contribution in [2.45, 2.75) is 53.2 Å². The summed E-state index contributed by atoms with van der Waals surface area (Å²) < 4.78 is 4.87. The zero-order chi connectivity index (χ0) is 12.9. The van der Waals surface area contributed by atoms with Crippen LogP contribution in [-0.4, -0.2) is 35.2 Å². The number of hydrogen-bond donors (Lipinski definition) is 0. The molecule has 0 saturated heterocycles. The van der Waals surface area contributed by atoms with E-state index in [0.29, 0.717) is 0 Å². The number of rotatable bonds is 5. The van der Waals surface area contributed by atoms with Gasteiger partial charge in [-0.25, -0.2) is 9.86 Å². The third-order valence-electron chi connectivity index (χ3n) is 1.87. The van der Waals surface area contributed by atoms with Crippen LogP contribution in [0.25, 0.3) is 0 Å². The van der Waals surface area contributed by atoms with Gasteiger partial charge in [-0.05, 0) is 34.6 Å². The molecule has 1 amide bonds. The summed E-state index contributed by atoms with van der Waals surface area (Å²) in [5, 5.41) is 1.18. The second-order valence-corrected chi connectivity index (χ2v) is 4.26. The average molecular weight is 231 g/mol. The topological polar surface area (TPSA) is 55.8 Å². The molecule has 0 fully saturated rings. The zero-order valence-corrected chi connectivity index (χ0v) is 10.9. The van der Waals surface area contributed by atoms with E-state index in [0.717, 1.165) is 0 Å². The maximum absolute atomic E-state index is 11.6. The van der Waals surface area contributed by atoms with Crippen molar-refractivity contribution in [2.24, 2.45) is 0 Å². The Morgan fingerprint density at radius 1 is 1.31 bits per heavy atom. The number of ether oxygens (including phenoxy) is 1. The fraction of sp³-hybridized carbons (Fsp3) is 0.818. The summed E-state index contributed by atoms with van der Waals surface area (Å²) in [4.78, 5) is 28.2. The van der Waals surface area contributed by atoms with Gasteiger partial charge in [-0.15, -0.1) is 0 Å². The van der Waals surface area contributed by atoms with Crippen molar-refractivity contribution in [3.05, 3.63) is 0 Å². The number of esters is 1. The fourth-order valence-corrected chi connectivity index (χ4v) is 1.12. The van der Waals surface area contributed by atoms with Gasteiger partial charge in [0, 0.05) is 6.92 Å². The van der Waals surface area contributed by atoms with Gasteiger partial charge in [0.1, 0.15) is 0 Å². The van der Waals surface area contributed by atoms with Crippen LogP contribution in [0, 0.1) is 0 Å². The summed E-state index contributed by atoms with van der Waals surface area (Å²) in [6, 6.07) is -0.133. The lowest BCUT2D eigenvalue weighted by Gasteiger charge is -2.32. The van der Waals surface area contributed by atoms with Crippen molar-refractivity contribution >= 4 is 11.9 Å². The number of carbonyl (C=O) groups excluding carboxylic acids is 2. The van der Waals surface area contributed by atoms with Crippen LogP contribution in [-0.2, 0) is 19.2 Å². The summed E-state index contributed by atoms with van der Waals surface area (Å²) in [5.41, 5.74) is -1.16. The molecule has 0 aromatic heterocycles. The summed E-state index contributed by atoms with van der Waals surface area (Å²) in [5.74, 6) is -0.728. The van der Waals surface area contributed by atoms with Gasteiger partial charge in [0.25, 0.3) is 0 Å². The van der Waals surface area contributed by atoms with E-state index in [9.17, 15) is 9.59 Å². The Morgan fingerprint density at radius 3 is 2.12 bits per heavy atom. The van der Waals surface area contributed by atoms with Crippen LogP contribution in [0.15, 0.2) is 0 Å². The minimum Gasteiger partial charge on any atom is -0.464 e. The van der Waals surface area contributed by atoms with Crippen molar-refractivity contribution < 1.29 is 19.2 Å². The highest BCUT2D eigenvalue weighted by Crippen LogP contribution is 2.16. The van der Waals surface area contributed by atoms with Crippen LogP contribution in [0.3, 0.4) is 0 Å². The quantitative estimate of drug-likeness (QED) is 0.531. The molecule has 0 radical (unpaired) electrons. The molecule has 0 bridgehead atoms. The predicted octanol–water partition coefficient (Wildman–Crippen LogP) is 1.52. The molecule has 5 nitrogen and oxygen atoms in total. The first kappa shape index (κ1) is 14.9. The van der Waals surface area contributed by atoms with E-state index >= 15 is 0 Å². The summed E-state index contributed by atoms with van der Waals surface area (Å²) in [6.45, 7) is 10.2. The Kier molecular flexibility index (Phi) is 5.44. The largest absolute Gasteiger partial charge is 0.464 e. The van der Waals surface area contributed by atoms with Crippen molar-refractivity contribution in [1.82, 2.24) is 5.06 Å². The van der Waals surface area contributed by atoms with Gasteiger partial charge in [-0.2, -0.15) is 0 Å². The van der Waals surface area contributed by atoms with Gasteiger partial charge in [0.15, 0.2) is 5.60 Å². The highest BCUT2D eigenvalue weighted by molar-refractivity contribution is 5.79. The third-order valence-corrected chi connectivity index (χ3v) is 1.87. The number of amides is 1. The second kappa shape index (κ2) is 5.84. The molecule has 0 aliphatic carbocycles. The third kappa shape index (κ3) is 4.18. The standard InChI is InChI=1S/C11H21NO4/c1-7-15-10(14)11(5,6)16-12(8(2)3)9(4)13/h8H,7H2,1-6H3. The molecule has 0 saturated carbocycles. The molecule has 0 heterocycles. The molecule has 0 aromatic carbocycles. The second-order valence-electron chi connectivity index (χ2n) is 4.26. The Bertz CT molecular complexity index is 261. The molecule has 0 rings (SSSR count). The van der Waals surface area contributed by atoms with Gasteiger partial charge in [0.05, 0.1) is 12.6 Å². The Hall–Kier alpha value is -1.10. The van der Waals surface area contributed by atoms with Gasteiger partial charge < -0.3 is 4.74 Å². The van der Waals surface area contributed by atoms with E-state index in [1.165, 1.54) is 12.0 Å². The molecule has 5 heteroatoms. The highest BCUT2D eigenvalue weighted by Gasteiger charge is 2.35. The van der Waals surface area contributed by atoms with Crippen LogP contribution in [0.2, 0.25) is 0 Å². The maximum Gasteiger partial charge on any atom is 0.340 e. The Morgan fingerprint density at radius 2 is 1.81 bits per heavy atom. The first-order chi connectivity index (χ1) is 7.22. The number of hydroxylamine groups is 2. The molecule has 0 N–H and O–H groups in total. The monoisotopic (exact) mass is 231 g/mol. The lowest BCUT2D eigenvalue weighted by molar-refractivity contribution is -0.246. The maximum atomic E-state index is 11.6. The van der Waals surface area contributed by atoms with Gasteiger partial charge in [0.2, 0.25) is 5.91 Å². The number of carbonyl (C=O) groups is 2. The number of nitrogens with zero attached hydrogens (tertiary/aromatic N) is 1. The molecular formula is C11H21NO4. The smallest absolute Gasteiger partial charge is 0.340 e. The summed E-state index contributed by atoms with van der Waals surface area (Å²) in [6.07, 6.45) is 0. The summed E-state index contributed by atoms with van der Waals surface area (Å²) in [7, 11) is 0. The zero-order valence-electron chi connectivity index (χ0n) is 10.9. The van der Waals surface area contributed by atoms with Crippen LogP contribution in [0.4, 0.5) is 0 Å². The van der Waals surface area contributed by atoms with Crippen LogP contribution in [0.1, 0.15) is 41.5 Å². The first-order valence-electron chi connectivity index (χ1n) is 5.38. The van der Waals surface area contributed by atoms with Crippen molar-refractivity contribution in [3.63, 3.8) is 0 Å². The van der Waals surface area contributed by atoms with E-state index in [4.69, 9.17) is 9.57 Å².